The number of carbonyl (C=O) groups is 1. The molecule has 3 rings (SSSR count). The monoisotopic (exact) mass is 411 g/mol. The molecule has 1 unspecified atom stereocenters. The van der Waals surface area contributed by atoms with Gasteiger partial charge in [0.1, 0.15) is 16.5 Å². The number of H-pyrrole nitrogens is 1. The van der Waals surface area contributed by atoms with Gasteiger partial charge in [-0.05, 0) is 43.9 Å². The van der Waals surface area contributed by atoms with Crippen molar-refractivity contribution in [1.82, 2.24) is 15.4 Å². The highest BCUT2D eigenvalue weighted by atomic mass is 35.5. The van der Waals surface area contributed by atoms with Gasteiger partial charge in [0.15, 0.2) is 5.03 Å². The molecule has 0 radical (unpaired) electrons. The first-order valence-electron chi connectivity index (χ1n) is 9.02. The Bertz CT molecular complexity index is 821. The number of esters is 1. The van der Waals surface area contributed by atoms with Crippen molar-refractivity contribution in [3.63, 3.8) is 0 Å². The summed E-state index contributed by atoms with van der Waals surface area (Å²) in [5.74, 6) is 0.335. The van der Waals surface area contributed by atoms with E-state index in [1.54, 1.807) is 25.1 Å². The number of aromatic nitrogens is 3. The van der Waals surface area contributed by atoms with E-state index < -0.39 is 16.8 Å². The van der Waals surface area contributed by atoms with Gasteiger partial charge in [-0.2, -0.15) is 5.21 Å². The Morgan fingerprint density at radius 2 is 2.07 bits per heavy atom. The molecule has 1 saturated carbocycles. The lowest BCUT2D eigenvalue weighted by molar-refractivity contribution is 0.0515. The summed E-state index contributed by atoms with van der Waals surface area (Å²) in [6.45, 7) is 2.47. The van der Waals surface area contributed by atoms with Crippen LogP contribution < -0.4 is 4.74 Å². The molecule has 1 aromatic carbocycles. The van der Waals surface area contributed by atoms with Crippen LogP contribution in [0, 0.1) is 5.92 Å². The van der Waals surface area contributed by atoms with Crippen LogP contribution in [0.3, 0.4) is 0 Å². The van der Waals surface area contributed by atoms with E-state index in [9.17, 15) is 9.00 Å². The topological polar surface area (TPSA) is 94.2 Å². The summed E-state index contributed by atoms with van der Waals surface area (Å²) >= 11 is 6.23. The summed E-state index contributed by atoms with van der Waals surface area (Å²) in [6.07, 6.45) is 6.06. The van der Waals surface area contributed by atoms with E-state index in [0.717, 1.165) is 12.8 Å². The molecule has 1 aromatic heterocycles. The second-order valence-corrected chi connectivity index (χ2v) is 8.18. The first kappa shape index (κ1) is 19.8. The van der Waals surface area contributed by atoms with Crippen LogP contribution >= 0.6 is 11.6 Å². The molecular weight excluding hydrogens is 390 g/mol. The maximum absolute atomic E-state index is 12.9. The maximum Gasteiger partial charge on any atom is 0.361 e. The smallest absolute Gasteiger partial charge is 0.361 e. The number of carbonyl (C=O) groups excluding carboxylic acids is 1. The van der Waals surface area contributed by atoms with Gasteiger partial charge in [-0.1, -0.05) is 30.9 Å². The molecule has 0 amide bonds. The third-order valence-electron chi connectivity index (χ3n) is 4.48. The van der Waals surface area contributed by atoms with Gasteiger partial charge in [-0.25, -0.2) is 9.00 Å². The molecule has 0 bridgehead atoms. The van der Waals surface area contributed by atoms with E-state index in [4.69, 9.17) is 21.1 Å². The standard InChI is InChI=1S/C18H22ClN3O4S/c1-2-25-18(23)16-17(21-22-20-16)27(24)13-8-9-14(19)15(10-13)26-11-12-6-4-3-5-7-12/h8-10,12H,2-7,11H2,1H3,(H,20,21,22). The van der Waals surface area contributed by atoms with Gasteiger partial charge in [0.2, 0.25) is 5.69 Å². The Morgan fingerprint density at radius 3 is 2.81 bits per heavy atom. The predicted octanol–water partition coefficient (Wildman–Crippen LogP) is 3.76. The SMILES string of the molecule is CCOC(=O)c1n[nH]nc1S(=O)c1ccc(Cl)c(OCC2CCCCC2)c1. The first-order chi connectivity index (χ1) is 13.1. The average Bonchev–Trinajstić information content (AvgIpc) is 3.18. The fourth-order valence-corrected chi connectivity index (χ4v) is 4.29. The van der Waals surface area contributed by atoms with Crippen LogP contribution in [0.5, 0.6) is 5.75 Å². The van der Waals surface area contributed by atoms with E-state index in [1.165, 1.54) is 19.3 Å². The summed E-state index contributed by atoms with van der Waals surface area (Å²) in [4.78, 5) is 12.4. The molecule has 1 aliphatic carbocycles. The van der Waals surface area contributed by atoms with Gasteiger partial charge >= 0.3 is 5.97 Å². The summed E-state index contributed by atoms with van der Waals surface area (Å²) in [5.41, 5.74) is -0.0881. The fraction of sp³-hybridized carbons (Fsp3) is 0.500. The zero-order valence-electron chi connectivity index (χ0n) is 15.1. The highest BCUT2D eigenvalue weighted by Crippen LogP contribution is 2.31. The van der Waals surface area contributed by atoms with Crippen molar-refractivity contribution in [1.29, 1.82) is 0 Å². The van der Waals surface area contributed by atoms with Crippen molar-refractivity contribution in [3.05, 3.63) is 28.9 Å². The Morgan fingerprint density at radius 1 is 1.30 bits per heavy atom. The quantitative estimate of drug-likeness (QED) is 0.697. The minimum absolute atomic E-state index is 0.0222. The van der Waals surface area contributed by atoms with Crippen LogP contribution in [0.2, 0.25) is 5.02 Å². The molecule has 146 valence electrons. The van der Waals surface area contributed by atoms with Crippen LogP contribution in [0.15, 0.2) is 28.1 Å². The van der Waals surface area contributed by atoms with Crippen molar-refractivity contribution in [2.45, 2.75) is 48.9 Å². The van der Waals surface area contributed by atoms with E-state index >= 15 is 0 Å². The average molecular weight is 412 g/mol. The lowest BCUT2D eigenvalue weighted by Gasteiger charge is -2.22. The Balaban J connectivity index is 1.76. The molecule has 1 fully saturated rings. The van der Waals surface area contributed by atoms with Crippen LogP contribution in [-0.2, 0) is 15.5 Å². The molecule has 1 N–H and O–H groups in total. The van der Waals surface area contributed by atoms with Crippen LogP contribution in [0.4, 0.5) is 0 Å². The van der Waals surface area contributed by atoms with Gasteiger partial charge < -0.3 is 9.47 Å². The molecule has 7 nitrogen and oxygen atoms in total. The number of ether oxygens (including phenoxy) is 2. The molecule has 9 heteroatoms. The number of benzene rings is 1. The number of rotatable bonds is 7. The van der Waals surface area contributed by atoms with Gasteiger partial charge in [0.05, 0.1) is 18.2 Å². The minimum Gasteiger partial charge on any atom is -0.492 e. The summed E-state index contributed by atoms with van der Waals surface area (Å²) in [6, 6.07) is 4.88. The normalized spacial score (nSPS) is 16.1. The van der Waals surface area contributed by atoms with Crippen molar-refractivity contribution >= 4 is 28.4 Å². The number of halogens is 1. The zero-order valence-corrected chi connectivity index (χ0v) is 16.6. The van der Waals surface area contributed by atoms with Crippen molar-refractivity contribution in [3.8, 4) is 5.75 Å². The van der Waals surface area contributed by atoms with Crippen molar-refractivity contribution in [2.24, 2.45) is 5.92 Å². The van der Waals surface area contributed by atoms with E-state index in [2.05, 4.69) is 15.4 Å². The first-order valence-corrected chi connectivity index (χ1v) is 10.5. The van der Waals surface area contributed by atoms with Crippen LogP contribution in [-0.4, -0.2) is 38.8 Å². The van der Waals surface area contributed by atoms with E-state index in [1.807, 2.05) is 0 Å². The predicted molar refractivity (Wildman–Crippen MR) is 101 cm³/mol. The van der Waals surface area contributed by atoms with E-state index in [-0.39, 0.29) is 17.3 Å². The van der Waals surface area contributed by atoms with Crippen LogP contribution in [0.1, 0.15) is 49.5 Å². The van der Waals surface area contributed by atoms with Crippen molar-refractivity contribution in [2.75, 3.05) is 13.2 Å². The van der Waals surface area contributed by atoms with Crippen LogP contribution in [0.25, 0.3) is 0 Å². The third-order valence-corrected chi connectivity index (χ3v) is 6.11. The number of hydrogen-bond acceptors (Lipinski definition) is 6. The fourth-order valence-electron chi connectivity index (χ4n) is 3.07. The molecule has 2 aromatic rings. The molecule has 1 atom stereocenters. The van der Waals surface area contributed by atoms with Gasteiger partial charge in [0, 0.05) is 4.90 Å². The summed E-state index contributed by atoms with van der Waals surface area (Å²) in [7, 11) is -1.72. The number of aromatic amines is 1. The Hall–Kier alpha value is -1.93. The summed E-state index contributed by atoms with van der Waals surface area (Å²) < 4.78 is 23.7. The molecule has 27 heavy (non-hydrogen) atoms. The Labute approximate surface area is 165 Å². The lowest BCUT2D eigenvalue weighted by Crippen LogP contribution is -2.15. The largest absolute Gasteiger partial charge is 0.492 e. The number of hydrogen-bond donors (Lipinski definition) is 1. The lowest BCUT2D eigenvalue weighted by atomic mass is 9.90. The van der Waals surface area contributed by atoms with Gasteiger partial charge in [0.25, 0.3) is 0 Å². The molecule has 1 aliphatic rings. The summed E-state index contributed by atoms with van der Waals surface area (Å²) in [5, 5.41) is 10.4. The number of nitrogens with one attached hydrogen (secondary N) is 1. The molecular formula is C18H22ClN3O4S. The zero-order chi connectivity index (χ0) is 19.2. The highest BCUT2D eigenvalue weighted by Gasteiger charge is 2.24. The number of nitrogens with zero attached hydrogens (tertiary/aromatic N) is 2. The van der Waals surface area contributed by atoms with E-state index in [0.29, 0.717) is 28.2 Å². The van der Waals surface area contributed by atoms with Crippen molar-refractivity contribution < 1.29 is 18.5 Å². The highest BCUT2D eigenvalue weighted by molar-refractivity contribution is 7.85. The Kier molecular flexibility index (Phi) is 6.84. The third kappa shape index (κ3) is 4.87. The second-order valence-electron chi connectivity index (χ2n) is 6.37. The van der Waals surface area contributed by atoms with Gasteiger partial charge in [-0.15, -0.1) is 10.2 Å². The molecule has 1 heterocycles. The maximum atomic E-state index is 12.9. The van der Waals surface area contributed by atoms with Gasteiger partial charge in [-0.3, -0.25) is 0 Å². The molecule has 0 aliphatic heterocycles. The second kappa shape index (κ2) is 9.32. The minimum atomic E-state index is -1.72. The molecule has 0 saturated heterocycles. The molecule has 0 spiro atoms.